The molecule has 0 aromatic heterocycles. The van der Waals surface area contributed by atoms with Gasteiger partial charge in [0.15, 0.2) is 18.5 Å². The molecule has 0 amide bonds. The van der Waals surface area contributed by atoms with E-state index in [4.69, 9.17) is 23.3 Å². The van der Waals surface area contributed by atoms with Gasteiger partial charge in [0.05, 0.1) is 13.2 Å². The first kappa shape index (κ1) is 50.0. The summed E-state index contributed by atoms with van der Waals surface area (Å²) >= 11 is 0. The van der Waals surface area contributed by atoms with Crippen molar-refractivity contribution >= 4 is 83.2 Å². The van der Waals surface area contributed by atoms with Gasteiger partial charge in [-0.3, -0.25) is 36.4 Å². The third-order valence-corrected chi connectivity index (χ3v) is 9.28. The standard InChI is InChI=1S/C12H22O35S8/c13-48(14,15)37-1-4-6(43-51(22,23)24)8(45-53(28,29)30)9(46-54(31,32)33)11(40-4)42-12(3-39-50(19,20)21)10(47-55(34,35)36)7(44-52(25,26)27)5(41-12)2-38-49(16,17)18/h4-11H,1-3H2,(H,13,14,15)(H,16,17,18)(H,19,20,21)(H,22,23,24)(H,25,26,27)(H,28,29,30)(H,31,32,33)(H,34,35,36)/t4-,5-,6-,7-,8+,9-,10-,11+,12-/m0/s1. The largest absolute Gasteiger partial charge is 0.397 e. The van der Waals surface area contributed by atoms with Crippen LogP contribution < -0.4 is 0 Å². The molecule has 0 radical (unpaired) electrons. The van der Waals surface area contributed by atoms with Crippen molar-refractivity contribution in [2.75, 3.05) is 19.8 Å². The Bertz CT molecular complexity index is 2280. The van der Waals surface area contributed by atoms with Crippen molar-refractivity contribution in [1.29, 1.82) is 0 Å². The lowest BCUT2D eigenvalue weighted by atomic mass is 9.99. The predicted molar refractivity (Wildman–Crippen MR) is 152 cm³/mol. The first-order valence-electron chi connectivity index (χ1n) is 12.3. The highest BCUT2D eigenvalue weighted by Gasteiger charge is 2.65. The summed E-state index contributed by atoms with van der Waals surface area (Å²) in [6.07, 6.45) is -26.0. The second-order valence-corrected chi connectivity index (χ2v) is 18.2. The minimum Gasteiger partial charge on any atom is -0.341 e. The fraction of sp³-hybridized carbons (Fsp3) is 1.00. The maximum atomic E-state index is 11.9. The summed E-state index contributed by atoms with van der Waals surface area (Å²) in [4.78, 5) is 0. The van der Waals surface area contributed by atoms with E-state index >= 15 is 0 Å². The summed E-state index contributed by atoms with van der Waals surface area (Å²) in [5, 5.41) is 0. The van der Waals surface area contributed by atoms with E-state index in [-0.39, 0.29) is 0 Å². The van der Waals surface area contributed by atoms with Crippen LogP contribution in [-0.2, 0) is 131 Å². The molecule has 2 aliphatic rings. The lowest BCUT2D eigenvalue weighted by molar-refractivity contribution is -0.374. The monoisotopic (exact) mass is 982 g/mol. The van der Waals surface area contributed by atoms with E-state index in [1.807, 2.05) is 0 Å². The van der Waals surface area contributed by atoms with Crippen LogP contribution in [0.1, 0.15) is 0 Å². The average molecular weight is 983 g/mol. The first-order chi connectivity index (χ1) is 24.2. The van der Waals surface area contributed by atoms with Crippen LogP contribution in [0.5, 0.6) is 0 Å². The van der Waals surface area contributed by atoms with Crippen molar-refractivity contribution in [3.8, 4) is 0 Å². The smallest absolute Gasteiger partial charge is 0.341 e. The van der Waals surface area contributed by atoms with Gasteiger partial charge in [0.25, 0.3) is 0 Å². The zero-order valence-corrected chi connectivity index (χ0v) is 31.6. The molecule has 2 heterocycles. The molecular formula is C12H22O35S8. The van der Waals surface area contributed by atoms with Crippen molar-refractivity contribution in [3.05, 3.63) is 0 Å². The Labute approximate surface area is 308 Å². The minimum atomic E-state index is -6.24. The van der Waals surface area contributed by atoms with Crippen molar-refractivity contribution in [1.82, 2.24) is 0 Å². The summed E-state index contributed by atoms with van der Waals surface area (Å²) in [5.41, 5.74) is 0. The van der Waals surface area contributed by atoms with Gasteiger partial charge in [-0.1, -0.05) is 0 Å². The van der Waals surface area contributed by atoms with Crippen molar-refractivity contribution in [2.45, 2.75) is 54.8 Å². The van der Waals surface area contributed by atoms with Gasteiger partial charge >= 0.3 is 83.2 Å². The Balaban J connectivity index is 3.07. The summed E-state index contributed by atoms with van der Waals surface area (Å²) in [5.74, 6) is -4.12. The van der Waals surface area contributed by atoms with Gasteiger partial charge < -0.3 is 14.2 Å². The van der Waals surface area contributed by atoms with Crippen LogP contribution >= 0.6 is 0 Å². The predicted octanol–water partition coefficient (Wildman–Crippen LogP) is -6.78. The molecule has 0 saturated carbocycles. The number of rotatable bonds is 21. The fourth-order valence-corrected chi connectivity index (χ4v) is 7.68. The quantitative estimate of drug-likeness (QED) is 0.0496. The lowest BCUT2D eigenvalue weighted by Gasteiger charge is -2.45. The third-order valence-electron chi connectivity index (χ3n) is 5.68. The molecule has 0 unspecified atom stereocenters. The molecule has 0 aromatic rings. The summed E-state index contributed by atoms with van der Waals surface area (Å²) < 4.78 is 307. The minimum absolute atomic E-state index is 1.92. The molecule has 43 heteroatoms. The van der Waals surface area contributed by atoms with Crippen LogP contribution in [-0.4, -0.2) is 178 Å². The van der Waals surface area contributed by atoms with Crippen LogP contribution in [0.2, 0.25) is 0 Å². The van der Waals surface area contributed by atoms with E-state index < -0.39 is 158 Å². The zero-order valence-electron chi connectivity index (χ0n) is 25.1. The normalized spacial score (nSPS) is 30.7. The Kier molecular flexibility index (Phi) is 15.6. The van der Waals surface area contributed by atoms with Crippen LogP contribution in [0.15, 0.2) is 0 Å². The summed E-state index contributed by atoms with van der Waals surface area (Å²) in [7, 11) is -48.3. The molecule has 9 atom stereocenters. The highest BCUT2D eigenvalue weighted by molar-refractivity contribution is 7.82. The Hall–Kier alpha value is -1.16. The molecular weight excluding hydrogens is 961 g/mol. The molecule has 0 bridgehead atoms. The Morgan fingerprint density at radius 3 is 1.18 bits per heavy atom. The molecule has 0 aromatic carbocycles. The zero-order chi connectivity index (χ0) is 43.0. The van der Waals surface area contributed by atoms with E-state index in [9.17, 15) is 94.7 Å². The molecule has 2 aliphatic heterocycles. The number of ether oxygens (including phenoxy) is 3. The van der Waals surface area contributed by atoms with E-state index in [0.717, 1.165) is 0 Å². The molecule has 2 rings (SSSR count). The Morgan fingerprint density at radius 2 is 0.782 bits per heavy atom. The lowest BCUT2D eigenvalue weighted by Crippen LogP contribution is -2.65. The van der Waals surface area contributed by atoms with Crippen LogP contribution in [0.3, 0.4) is 0 Å². The van der Waals surface area contributed by atoms with Gasteiger partial charge in [-0.25, -0.2) is 33.5 Å². The van der Waals surface area contributed by atoms with Crippen LogP contribution in [0.4, 0.5) is 0 Å². The topological polar surface area (TPSA) is 536 Å². The Morgan fingerprint density at radius 1 is 0.418 bits per heavy atom. The number of hydrogen-bond acceptors (Lipinski definition) is 27. The number of hydrogen-bond donors (Lipinski definition) is 8. The van der Waals surface area contributed by atoms with E-state index in [1.54, 1.807) is 0 Å². The molecule has 35 nitrogen and oxygen atoms in total. The maximum absolute atomic E-state index is 11.9. The van der Waals surface area contributed by atoms with Crippen molar-refractivity contribution in [2.24, 2.45) is 0 Å². The van der Waals surface area contributed by atoms with E-state index in [1.165, 1.54) is 0 Å². The van der Waals surface area contributed by atoms with Gasteiger partial charge in [-0.15, -0.1) is 0 Å². The highest BCUT2D eigenvalue weighted by Crippen LogP contribution is 2.42. The first-order valence-corrected chi connectivity index (χ1v) is 23.2. The summed E-state index contributed by atoms with van der Waals surface area (Å²) in [6.45, 7) is -6.25. The average Bonchev–Trinajstić information content (AvgIpc) is 3.15. The van der Waals surface area contributed by atoms with Crippen molar-refractivity contribution < 1.29 is 151 Å². The maximum Gasteiger partial charge on any atom is 0.397 e. The molecule has 328 valence electrons. The fourth-order valence-electron chi connectivity index (χ4n) is 4.24. The molecule has 55 heavy (non-hydrogen) atoms. The summed E-state index contributed by atoms with van der Waals surface area (Å²) in [6, 6.07) is 0. The molecule has 2 saturated heterocycles. The molecule has 0 spiro atoms. The van der Waals surface area contributed by atoms with Crippen molar-refractivity contribution in [3.63, 3.8) is 0 Å². The third kappa shape index (κ3) is 18.1. The highest BCUT2D eigenvalue weighted by atomic mass is 32.3. The van der Waals surface area contributed by atoms with Crippen LogP contribution in [0.25, 0.3) is 0 Å². The van der Waals surface area contributed by atoms with Gasteiger partial charge in [0.2, 0.25) is 5.79 Å². The van der Waals surface area contributed by atoms with Crippen LogP contribution in [0, 0.1) is 0 Å². The van der Waals surface area contributed by atoms with Gasteiger partial charge in [-0.05, 0) is 0 Å². The van der Waals surface area contributed by atoms with E-state index in [0.29, 0.717) is 0 Å². The van der Waals surface area contributed by atoms with Gasteiger partial charge in [-0.2, -0.15) is 67.3 Å². The molecule has 8 N–H and O–H groups in total. The second-order valence-electron chi connectivity index (χ2n) is 9.64. The van der Waals surface area contributed by atoms with Gasteiger partial charge in [0.1, 0.15) is 37.1 Å². The molecule has 2 fully saturated rings. The van der Waals surface area contributed by atoms with Gasteiger partial charge in [0, 0.05) is 0 Å². The molecule has 0 aliphatic carbocycles. The van der Waals surface area contributed by atoms with E-state index in [2.05, 4.69) is 33.5 Å². The second kappa shape index (κ2) is 17.2. The SMILES string of the molecule is O=S(=O)(O)OC[C@@H]1O[C@H](O[C@]2(COS(=O)(=O)O)O[C@@H](COS(=O)(=O)O)[C@H](OS(=O)(=O)O)[C@@H]2OS(=O)(=O)O)[C@@H](OS(=O)(=O)O)[C@H](OS(=O)(=O)O)[C@H]1OS(=O)(=O)O.